The van der Waals surface area contributed by atoms with Gasteiger partial charge in [-0.3, -0.25) is 0 Å². The number of hydrogen-bond donors (Lipinski definition) is 1. The van der Waals surface area contributed by atoms with Crippen molar-refractivity contribution in [2.45, 2.75) is 0 Å². The minimum absolute atomic E-state index is 0.0317. The van der Waals surface area contributed by atoms with E-state index in [2.05, 4.69) is 4.74 Å². The molecule has 4 nitrogen and oxygen atoms in total. The van der Waals surface area contributed by atoms with Crippen LogP contribution >= 0.6 is 0 Å². The third-order valence-corrected chi connectivity index (χ3v) is 1.67. The molecule has 0 aliphatic carbocycles. The van der Waals surface area contributed by atoms with Crippen LogP contribution in [-0.2, 0) is 4.74 Å². The van der Waals surface area contributed by atoms with Crippen molar-refractivity contribution in [1.82, 2.24) is 0 Å². The highest BCUT2D eigenvalue weighted by molar-refractivity contribution is 5.90. The molecule has 0 saturated carbocycles. The molecule has 2 N–H and O–H groups in total. The number of methoxy groups -OCH3 is 1. The van der Waals surface area contributed by atoms with Gasteiger partial charge in [0.25, 0.3) is 0 Å². The average Bonchev–Trinajstić information content (AvgIpc) is 2.20. The molecule has 5 heteroatoms. The Morgan fingerprint density at radius 1 is 1.64 bits per heavy atom. The Morgan fingerprint density at radius 3 is 2.79 bits per heavy atom. The largest absolute Gasteiger partial charge is 0.465 e. The van der Waals surface area contributed by atoms with Crippen LogP contribution in [0, 0.1) is 17.1 Å². The van der Waals surface area contributed by atoms with Crippen LogP contribution in [0.2, 0.25) is 0 Å². The van der Waals surface area contributed by atoms with Gasteiger partial charge >= 0.3 is 5.97 Å². The van der Waals surface area contributed by atoms with Crippen molar-refractivity contribution in [2.75, 3.05) is 12.8 Å². The molecular formula is C9H7FN2O2. The molecule has 0 aliphatic heterocycles. The molecule has 14 heavy (non-hydrogen) atoms. The zero-order valence-electron chi connectivity index (χ0n) is 7.37. The molecule has 0 heterocycles. The number of nitrogens with two attached hydrogens (primary N) is 1. The van der Waals surface area contributed by atoms with Gasteiger partial charge in [0, 0.05) is 0 Å². The molecule has 1 aromatic carbocycles. The first-order valence-electron chi connectivity index (χ1n) is 3.67. The van der Waals surface area contributed by atoms with Crippen molar-refractivity contribution < 1.29 is 13.9 Å². The van der Waals surface area contributed by atoms with E-state index in [0.717, 1.165) is 6.07 Å². The number of hydrogen-bond acceptors (Lipinski definition) is 4. The summed E-state index contributed by atoms with van der Waals surface area (Å²) in [7, 11) is 1.17. The van der Waals surface area contributed by atoms with E-state index in [-0.39, 0.29) is 16.8 Å². The maximum atomic E-state index is 13.0. The number of ether oxygens (including phenoxy) is 1. The maximum Gasteiger partial charge on any atom is 0.337 e. The normalized spacial score (nSPS) is 9.21. The second-order valence-corrected chi connectivity index (χ2v) is 2.52. The summed E-state index contributed by atoms with van der Waals surface area (Å²) in [4.78, 5) is 11.0. The molecule has 0 saturated heterocycles. The van der Waals surface area contributed by atoms with E-state index in [9.17, 15) is 9.18 Å². The number of halogens is 1. The number of esters is 1. The summed E-state index contributed by atoms with van der Waals surface area (Å²) in [5, 5.41) is 8.57. The fraction of sp³-hybridized carbons (Fsp3) is 0.111. The summed E-state index contributed by atoms with van der Waals surface area (Å²) >= 11 is 0. The standard InChI is InChI=1S/C9H7FN2O2/c1-14-9(13)5-2-6(4-11)8(12)7(10)3-5/h2-3H,12H2,1H3. The molecule has 0 atom stereocenters. The fourth-order valence-corrected chi connectivity index (χ4v) is 0.946. The van der Waals surface area contributed by atoms with E-state index in [0.29, 0.717) is 0 Å². The second kappa shape index (κ2) is 3.75. The molecule has 0 aromatic heterocycles. The molecule has 0 spiro atoms. The highest BCUT2D eigenvalue weighted by atomic mass is 19.1. The minimum Gasteiger partial charge on any atom is -0.465 e. The molecular weight excluding hydrogens is 187 g/mol. The van der Waals surface area contributed by atoms with Crippen LogP contribution < -0.4 is 5.73 Å². The second-order valence-electron chi connectivity index (χ2n) is 2.52. The van der Waals surface area contributed by atoms with Crippen molar-refractivity contribution in [3.8, 4) is 6.07 Å². The maximum absolute atomic E-state index is 13.0. The monoisotopic (exact) mass is 194 g/mol. The molecule has 1 rings (SSSR count). The molecule has 0 fully saturated rings. The van der Waals surface area contributed by atoms with Crippen molar-refractivity contribution in [1.29, 1.82) is 5.26 Å². The topological polar surface area (TPSA) is 76.1 Å². The summed E-state index contributed by atoms with van der Waals surface area (Å²) in [5.74, 6) is -1.51. The van der Waals surface area contributed by atoms with Crippen LogP contribution in [0.1, 0.15) is 15.9 Å². The van der Waals surface area contributed by atoms with Crippen LogP contribution in [0.25, 0.3) is 0 Å². The highest BCUT2D eigenvalue weighted by Crippen LogP contribution is 2.18. The van der Waals surface area contributed by atoms with Crippen molar-refractivity contribution in [3.63, 3.8) is 0 Å². The zero-order chi connectivity index (χ0) is 10.7. The molecule has 72 valence electrons. The predicted molar refractivity (Wildman–Crippen MR) is 46.9 cm³/mol. The van der Waals surface area contributed by atoms with Gasteiger partial charge in [-0.2, -0.15) is 5.26 Å². The number of benzene rings is 1. The first-order chi connectivity index (χ1) is 6.60. The van der Waals surface area contributed by atoms with E-state index in [4.69, 9.17) is 11.0 Å². The number of nitrogens with zero attached hydrogens (tertiary/aromatic N) is 1. The van der Waals surface area contributed by atoms with Crippen molar-refractivity contribution in [2.24, 2.45) is 0 Å². The Hall–Kier alpha value is -2.09. The predicted octanol–water partition coefficient (Wildman–Crippen LogP) is 1.07. The SMILES string of the molecule is COC(=O)c1cc(F)c(N)c(C#N)c1. The van der Waals surface area contributed by atoms with Crippen LogP contribution in [0.4, 0.5) is 10.1 Å². The quantitative estimate of drug-likeness (QED) is 0.535. The third kappa shape index (κ3) is 1.64. The first kappa shape index (κ1) is 9.99. The minimum atomic E-state index is -0.801. The van der Waals surface area contributed by atoms with E-state index in [1.54, 1.807) is 6.07 Å². The number of nitriles is 1. The van der Waals surface area contributed by atoms with Gasteiger partial charge in [0.2, 0.25) is 0 Å². The lowest BCUT2D eigenvalue weighted by atomic mass is 10.1. The Morgan fingerprint density at radius 2 is 2.29 bits per heavy atom. The molecule has 1 aromatic rings. The van der Waals surface area contributed by atoms with Gasteiger partial charge < -0.3 is 10.5 Å². The van der Waals surface area contributed by atoms with Crippen molar-refractivity contribution >= 4 is 11.7 Å². The Labute approximate surface area is 79.7 Å². The fourth-order valence-electron chi connectivity index (χ4n) is 0.946. The van der Waals surface area contributed by atoms with Gasteiger partial charge in [0.15, 0.2) is 0 Å². The Balaban J connectivity index is 3.32. The number of carbonyl (C=O) groups is 1. The molecule has 0 radical (unpaired) electrons. The Bertz CT molecular complexity index is 424. The summed E-state index contributed by atoms with van der Waals surface area (Å²) < 4.78 is 17.4. The van der Waals surface area contributed by atoms with E-state index in [1.807, 2.05) is 0 Å². The van der Waals surface area contributed by atoms with Gasteiger partial charge in [-0.25, -0.2) is 9.18 Å². The lowest BCUT2D eigenvalue weighted by Crippen LogP contribution is -2.05. The van der Waals surface area contributed by atoms with Crippen molar-refractivity contribution in [3.05, 3.63) is 29.1 Å². The van der Waals surface area contributed by atoms with Crippen LogP contribution in [0.5, 0.6) is 0 Å². The van der Waals surface area contributed by atoms with Gasteiger partial charge in [0.05, 0.1) is 23.9 Å². The molecule has 0 amide bonds. The smallest absolute Gasteiger partial charge is 0.337 e. The summed E-state index contributed by atoms with van der Waals surface area (Å²) in [6.07, 6.45) is 0. The van der Waals surface area contributed by atoms with Gasteiger partial charge in [-0.15, -0.1) is 0 Å². The molecule has 0 unspecified atom stereocenters. The van der Waals surface area contributed by atoms with Crippen LogP contribution in [0.15, 0.2) is 12.1 Å². The zero-order valence-corrected chi connectivity index (χ0v) is 7.37. The molecule has 0 aliphatic rings. The van der Waals surface area contributed by atoms with Crippen LogP contribution in [-0.4, -0.2) is 13.1 Å². The van der Waals surface area contributed by atoms with E-state index >= 15 is 0 Å². The van der Waals surface area contributed by atoms with E-state index in [1.165, 1.54) is 13.2 Å². The average molecular weight is 194 g/mol. The van der Waals surface area contributed by atoms with Crippen LogP contribution in [0.3, 0.4) is 0 Å². The summed E-state index contributed by atoms with van der Waals surface area (Å²) in [6, 6.07) is 3.80. The summed E-state index contributed by atoms with van der Waals surface area (Å²) in [6.45, 7) is 0. The number of anilines is 1. The lowest BCUT2D eigenvalue weighted by Gasteiger charge is -2.03. The van der Waals surface area contributed by atoms with E-state index < -0.39 is 11.8 Å². The lowest BCUT2D eigenvalue weighted by molar-refractivity contribution is 0.0600. The number of carbonyl (C=O) groups excluding carboxylic acids is 1. The van der Waals surface area contributed by atoms with Gasteiger partial charge in [0.1, 0.15) is 11.9 Å². The van der Waals surface area contributed by atoms with Gasteiger partial charge in [-0.05, 0) is 12.1 Å². The number of rotatable bonds is 1. The summed E-state index contributed by atoms with van der Waals surface area (Å²) in [5.41, 5.74) is 4.88. The molecule has 0 bridgehead atoms. The first-order valence-corrected chi connectivity index (χ1v) is 3.67. The Kier molecular flexibility index (Phi) is 2.67. The number of nitrogen functional groups attached to an aromatic ring is 1. The highest BCUT2D eigenvalue weighted by Gasteiger charge is 2.12. The van der Waals surface area contributed by atoms with Gasteiger partial charge in [-0.1, -0.05) is 0 Å². The third-order valence-electron chi connectivity index (χ3n) is 1.67.